The standard InChI is InChI=1S/C4H10N2.C2H6/c1-3-6-4-5-2;1-2/h4H,3H2,1-2H3,(H,5,6);1-2H3. The fraction of sp³-hybridized carbons (Fsp3) is 0.833. The number of aliphatic imine (C=N–C) groups is 1. The van der Waals surface area contributed by atoms with Crippen molar-refractivity contribution in [3.63, 3.8) is 0 Å². The van der Waals surface area contributed by atoms with Crippen LogP contribution in [0.4, 0.5) is 0 Å². The van der Waals surface area contributed by atoms with E-state index in [2.05, 4.69) is 10.3 Å². The third-order valence-corrected chi connectivity index (χ3v) is 0.425. The molecule has 1 N–H and O–H groups in total. The van der Waals surface area contributed by atoms with E-state index in [9.17, 15) is 0 Å². The van der Waals surface area contributed by atoms with Crippen molar-refractivity contribution in [1.29, 1.82) is 0 Å². The molecule has 0 saturated heterocycles. The van der Waals surface area contributed by atoms with E-state index in [1.807, 2.05) is 20.8 Å². The first-order valence-corrected chi connectivity index (χ1v) is 3.05. The van der Waals surface area contributed by atoms with Gasteiger partial charge >= 0.3 is 0 Å². The van der Waals surface area contributed by atoms with Gasteiger partial charge in [0.1, 0.15) is 0 Å². The largest absolute Gasteiger partial charge is 0.377 e. The SMILES string of the molecule is CC.CCNC=NC. The van der Waals surface area contributed by atoms with Crippen molar-refractivity contribution in [2.45, 2.75) is 20.8 Å². The minimum atomic E-state index is 0.956. The van der Waals surface area contributed by atoms with Crippen LogP contribution < -0.4 is 5.32 Å². The summed E-state index contributed by atoms with van der Waals surface area (Å²) in [5.74, 6) is 0. The van der Waals surface area contributed by atoms with E-state index in [0.717, 1.165) is 6.54 Å². The summed E-state index contributed by atoms with van der Waals surface area (Å²) >= 11 is 0. The predicted octanol–water partition coefficient (Wildman–Crippen LogP) is 1.28. The fourth-order valence-corrected chi connectivity index (χ4v) is 0.183. The molecule has 0 aromatic heterocycles. The third kappa shape index (κ3) is 17.9. The molecular formula is C6H16N2. The first-order valence-electron chi connectivity index (χ1n) is 3.05. The molecular weight excluding hydrogens is 100 g/mol. The number of hydrogen-bond acceptors (Lipinski definition) is 1. The second-order valence-electron chi connectivity index (χ2n) is 0.945. The molecule has 0 aromatic carbocycles. The molecule has 8 heavy (non-hydrogen) atoms. The van der Waals surface area contributed by atoms with E-state index >= 15 is 0 Å². The van der Waals surface area contributed by atoms with Gasteiger partial charge in [-0.25, -0.2) is 0 Å². The van der Waals surface area contributed by atoms with Crippen LogP contribution in [0.25, 0.3) is 0 Å². The van der Waals surface area contributed by atoms with Gasteiger partial charge in [-0.3, -0.25) is 4.99 Å². The molecule has 0 heterocycles. The second-order valence-corrected chi connectivity index (χ2v) is 0.945. The molecule has 0 radical (unpaired) electrons. The molecule has 50 valence electrons. The van der Waals surface area contributed by atoms with Gasteiger partial charge in [0.2, 0.25) is 0 Å². The molecule has 0 aromatic rings. The summed E-state index contributed by atoms with van der Waals surface area (Å²) in [5, 5.41) is 2.91. The van der Waals surface area contributed by atoms with Crippen molar-refractivity contribution in [2.75, 3.05) is 13.6 Å². The molecule has 0 amide bonds. The Balaban J connectivity index is 0. The number of hydrogen-bond donors (Lipinski definition) is 1. The van der Waals surface area contributed by atoms with Gasteiger partial charge in [0.05, 0.1) is 6.34 Å². The molecule has 0 saturated carbocycles. The zero-order valence-corrected chi connectivity index (χ0v) is 6.23. The van der Waals surface area contributed by atoms with E-state index in [4.69, 9.17) is 0 Å². The van der Waals surface area contributed by atoms with Gasteiger partial charge in [-0.05, 0) is 6.92 Å². The lowest BCUT2D eigenvalue weighted by molar-refractivity contribution is 0.984. The highest BCUT2D eigenvalue weighted by atomic mass is 14.9. The average molecular weight is 116 g/mol. The monoisotopic (exact) mass is 116 g/mol. The lowest BCUT2D eigenvalue weighted by Crippen LogP contribution is -2.08. The molecule has 2 nitrogen and oxygen atoms in total. The lowest BCUT2D eigenvalue weighted by atomic mass is 10.8. The molecule has 0 atom stereocenters. The highest BCUT2D eigenvalue weighted by molar-refractivity contribution is 5.53. The maximum Gasteiger partial charge on any atom is 0.0820 e. The van der Waals surface area contributed by atoms with E-state index in [1.54, 1.807) is 13.4 Å². The summed E-state index contributed by atoms with van der Waals surface area (Å²) in [6.45, 7) is 6.99. The Morgan fingerprint density at radius 2 is 2.00 bits per heavy atom. The number of nitrogens with one attached hydrogen (secondary N) is 1. The van der Waals surface area contributed by atoms with Crippen LogP contribution in [-0.4, -0.2) is 19.9 Å². The summed E-state index contributed by atoms with van der Waals surface area (Å²) in [5.41, 5.74) is 0. The zero-order valence-electron chi connectivity index (χ0n) is 6.23. The summed E-state index contributed by atoms with van der Waals surface area (Å²) in [6.07, 6.45) is 1.68. The quantitative estimate of drug-likeness (QED) is 0.426. The van der Waals surface area contributed by atoms with Crippen molar-refractivity contribution >= 4 is 6.34 Å². The van der Waals surface area contributed by atoms with E-state index in [-0.39, 0.29) is 0 Å². The van der Waals surface area contributed by atoms with Crippen LogP contribution in [0.2, 0.25) is 0 Å². The predicted molar refractivity (Wildman–Crippen MR) is 39.4 cm³/mol. The smallest absolute Gasteiger partial charge is 0.0820 e. The molecule has 0 unspecified atom stereocenters. The van der Waals surface area contributed by atoms with Crippen LogP contribution >= 0.6 is 0 Å². The Labute approximate surface area is 52.0 Å². The molecule has 0 aliphatic heterocycles. The maximum absolute atomic E-state index is 3.69. The van der Waals surface area contributed by atoms with Gasteiger partial charge in [-0.2, -0.15) is 0 Å². The van der Waals surface area contributed by atoms with Crippen molar-refractivity contribution in [3.8, 4) is 0 Å². The van der Waals surface area contributed by atoms with Gasteiger partial charge in [0.25, 0.3) is 0 Å². The fourth-order valence-electron chi connectivity index (χ4n) is 0.183. The van der Waals surface area contributed by atoms with Crippen molar-refractivity contribution < 1.29 is 0 Å². The zero-order chi connectivity index (χ0) is 6.83. The van der Waals surface area contributed by atoms with E-state index in [0.29, 0.717) is 0 Å². The Kier molecular flexibility index (Phi) is 21.0. The first kappa shape index (κ1) is 10.5. The van der Waals surface area contributed by atoms with Crippen LogP contribution in [0.15, 0.2) is 4.99 Å². The van der Waals surface area contributed by atoms with Gasteiger partial charge < -0.3 is 5.32 Å². The Morgan fingerprint density at radius 3 is 2.12 bits per heavy atom. The van der Waals surface area contributed by atoms with Crippen LogP contribution in [0, 0.1) is 0 Å². The normalized spacial score (nSPS) is 8.00. The first-order chi connectivity index (χ1) is 3.91. The van der Waals surface area contributed by atoms with E-state index < -0.39 is 0 Å². The summed E-state index contributed by atoms with van der Waals surface area (Å²) in [6, 6.07) is 0. The highest BCUT2D eigenvalue weighted by Crippen LogP contribution is 1.45. The van der Waals surface area contributed by atoms with Crippen molar-refractivity contribution in [3.05, 3.63) is 0 Å². The molecule has 0 aliphatic carbocycles. The molecule has 0 bridgehead atoms. The topological polar surface area (TPSA) is 24.4 Å². The van der Waals surface area contributed by atoms with Crippen molar-refractivity contribution in [1.82, 2.24) is 5.32 Å². The summed E-state index contributed by atoms with van der Waals surface area (Å²) in [4.78, 5) is 3.69. The minimum Gasteiger partial charge on any atom is -0.377 e. The molecule has 0 fully saturated rings. The lowest BCUT2D eigenvalue weighted by Gasteiger charge is -1.84. The Hall–Kier alpha value is -0.530. The summed E-state index contributed by atoms with van der Waals surface area (Å²) in [7, 11) is 1.74. The van der Waals surface area contributed by atoms with Gasteiger partial charge in [-0.1, -0.05) is 13.8 Å². The van der Waals surface area contributed by atoms with Crippen LogP contribution in [0.1, 0.15) is 20.8 Å². The van der Waals surface area contributed by atoms with Gasteiger partial charge in [0, 0.05) is 13.6 Å². The van der Waals surface area contributed by atoms with E-state index in [1.165, 1.54) is 0 Å². The molecule has 0 rings (SSSR count). The van der Waals surface area contributed by atoms with Crippen LogP contribution in [0.5, 0.6) is 0 Å². The van der Waals surface area contributed by atoms with Crippen LogP contribution in [0.3, 0.4) is 0 Å². The van der Waals surface area contributed by atoms with Gasteiger partial charge in [-0.15, -0.1) is 0 Å². The Morgan fingerprint density at radius 1 is 1.50 bits per heavy atom. The number of rotatable bonds is 2. The minimum absolute atomic E-state index is 0.956. The van der Waals surface area contributed by atoms with Gasteiger partial charge in [0.15, 0.2) is 0 Å². The molecule has 2 heteroatoms. The van der Waals surface area contributed by atoms with Crippen LogP contribution in [-0.2, 0) is 0 Å². The average Bonchev–Trinajstić information content (AvgIpc) is 1.88. The van der Waals surface area contributed by atoms with Crippen molar-refractivity contribution in [2.24, 2.45) is 4.99 Å². The second kappa shape index (κ2) is 16.1. The third-order valence-electron chi connectivity index (χ3n) is 0.425. The summed E-state index contributed by atoms with van der Waals surface area (Å²) < 4.78 is 0. The molecule has 0 spiro atoms. The highest BCUT2D eigenvalue weighted by Gasteiger charge is 1.59. The number of nitrogens with zero attached hydrogens (tertiary/aromatic N) is 1. The Bertz CT molecular complexity index is 41.8. The maximum atomic E-state index is 3.69. The molecule has 0 aliphatic rings.